The third-order valence-corrected chi connectivity index (χ3v) is 2.69. The lowest BCUT2D eigenvalue weighted by Gasteiger charge is -2.15. The van der Waals surface area contributed by atoms with Gasteiger partial charge in [-0.15, -0.1) is 0 Å². The first-order valence-corrected chi connectivity index (χ1v) is 5.21. The van der Waals surface area contributed by atoms with Gasteiger partial charge < -0.3 is 15.0 Å². The van der Waals surface area contributed by atoms with Crippen LogP contribution in [-0.2, 0) is 4.79 Å². The molecular formula is C9H10N6O3. The van der Waals surface area contributed by atoms with E-state index < -0.39 is 11.4 Å². The molecule has 0 aliphatic carbocycles. The van der Waals surface area contributed by atoms with Crippen LogP contribution in [0.1, 0.15) is 6.42 Å². The highest BCUT2D eigenvalue weighted by molar-refractivity contribution is 5.96. The number of anilines is 1. The molecule has 1 aliphatic rings. The van der Waals surface area contributed by atoms with E-state index in [0.29, 0.717) is 0 Å². The summed E-state index contributed by atoms with van der Waals surface area (Å²) in [4.78, 5) is 32.9. The number of aromatic nitrogens is 2. The zero-order valence-corrected chi connectivity index (χ0v) is 9.28. The van der Waals surface area contributed by atoms with Gasteiger partial charge in [0.15, 0.2) is 5.69 Å². The minimum Gasteiger partial charge on any atom is -0.492 e. The highest BCUT2D eigenvalue weighted by Crippen LogP contribution is 2.27. The van der Waals surface area contributed by atoms with Crippen molar-refractivity contribution in [2.45, 2.75) is 6.42 Å². The van der Waals surface area contributed by atoms with Crippen molar-refractivity contribution in [3.05, 3.63) is 27.1 Å². The summed E-state index contributed by atoms with van der Waals surface area (Å²) in [5, 5.41) is 12.9. The van der Waals surface area contributed by atoms with Crippen LogP contribution in [0.5, 0.6) is 5.88 Å². The summed E-state index contributed by atoms with van der Waals surface area (Å²) in [5.41, 5.74) is 7.47. The molecule has 1 atom stereocenters. The van der Waals surface area contributed by atoms with E-state index in [4.69, 9.17) is 5.53 Å². The Bertz CT molecular complexity index is 576. The van der Waals surface area contributed by atoms with E-state index in [1.807, 2.05) is 0 Å². The van der Waals surface area contributed by atoms with Gasteiger partial charge >= 0.3 is 0 Å². The summed E-state index contributed by atoms with van der Waals surface area (Å²) in [6.07, 6.45) is 1.23. The number of carbonyl (C=O) groups excluding carboxylic acids is 1. The normalized spacial score (nSPS) is 18.8. The van der Waals surface area contributed by atoms with Crippen molar-refractivity contribution in [3.63, 3.8) is 0 Å². The molecule has 1 amide bonds. The molecule has 1 fully saturated rings. The Morgan fingerprint density at radius 3 is 3.11 bits per heavy atom. The van der Waals surface area contributed by atoms with E-state index in [1.54, 1.807) is 0 Å². The van der Waals surface area contributed by atoms with E-state index in [1.165, 1.54) is 4.90 Å². The fourth-order valence-corrected chi connectivity index (χ4v) is 1.90. The Morgan fingerprint density at radius 2 is 2.44 bits per heavy atom. The smallest absolute Gasteiger partial charge is 0.278 e. The molecule has 0 bridgehead atoms. The van der Waals surface area contributed by atoms with E-state index in [2.05, 4.69) is 20.0 Å². The highest BCUT2D eigenvalue weighted by atomic mass is 16.3. The van der Waals surface area contributed by atoms with Gasteiger partial charge in [0.05, 0.1) is 6.33 Å². The number of aromatic hydroxyl groups is 1. The van der Waals surface area contributed by atoms with Crippen LogP contribution >= 0.6 is 0 Å². The van der Waals surface area contributed by atoms with Crippen molar-refractivity contribution in [3.8, 4) is 5.88 Å². The van der Waals surface area contributed by atoms with Crippen LogP contribution in [0.15, 0.2) is 16.2 Å². The van der Waals surface area contributed by atoms with E-state index in [0.717, 1.165) is 6.33 Å². The fourth-order valence-electron chi connectivity index (χ4n) is 1.90. The minimum atomic E-state index is -0.583. The van der Waals surface area contributed by atoms with Crippen LogP contribution in [0, 0.1) is 5.92 Å². The summed E-state index contributed by atoms with van der Waals surface area (Å²) < 4.78 is 0. The molecule has 18 heavy (non-hydrogen) atoms. The van der Waals surface area contributed by atoms with Crippen molar-refractivity contribution in [1.29, 1.82) is 0 Å². The van der Waals surface area contributed by atoms with Crippen molar-refractivity contribution in [1.82, 2.24) is 9.97 Å². The summed E-state index contributed by atoms with van der Waals surface area (Å²) in [5.74, 6) is -0.953. The van der Waals surface area contributed by atoms with Gasteiger partial charge in [0.25, 0.3) is 5.56 Å². The molecule has 0 spiro atoms. The molecule has 9 nitrogen and oxygen atoms in total. The number of amides is 1. The Kier molecular flexibility index (Phi) is 3.16. The molecule has 1 aromatic rings. The maximum atomic E-state index is 11.8. The lowest BCUT2D eigenvalue weighted by atomic mass is 10.1. The van der Waals surface area contributed by atoms with Gasteiger partial charge in [0.2, 0.25) is 11.8 Å². The van der Waals surface area contributed by atoms with Crippen LogP contribution in [-0.4, -0.2) is 34.1 Å². The molecule has 2 rings (SSSR count). The number of hydrogen-bond donors (Lipinski definition) is 2. The van der Waals surface area contributed by atoms with Crippen LogP contribution in [0.25, 0.3) is 10.4 Å². The van der Waals surface area contributed by atoms with Crippen molar-refractivity contribution in [2.75, 3.05) is 18.0 Å². The molecule has 2 heterocycles. The van der Waals surface area contributed by atoms with E-state index in [-0.39, 0.29) is 37.0 Å². The molecule has 94 valence electrons. The van der Waals surface area contributed by atoms with Crippen molar-refractivity contribution < 1.29 is 9.90 Å². The molecule has 2 N–H and O–H groups in total. The summed E-state index contributed by atoms with van der Waals surface area (Å²) >= 11 is 0. The quantitative estimate of drug-likeness (QED) is 0.448. The van der Waals surface area contributed by atoms with E-state index in [9.17, 15) is 14.7 Å². The largest absolute Gasteiger partial charge is 0.492 e. The third kappa shape index (κ3) is 2.11. The van der Waals surface area contributed by atoms with Crippen molar-refractivity contribution in [2.24, 2.45) is 11.0 Å². The maximum absolute atomic E-state index is 11.8. The minimum absolute atomic E-state index is 0.160. The zero-order valence-electron chi connectivity index (χ0n) is 9.28. The number of aromatic amines is 1. The number of nitrogens with zero attached hydrogens (tertiary/aromatic N) is 5. The number of carbonyl (C=O) groups is 1. The average Bonchev–Trinajstić information content (AvgIpc) is 2.68. The fraction of sp³-hybridized carbons (Fsp3) is 0.444. The van der Waals surface area contributed by atoms with Gasteiger partial charge in [0, 0.05) is 24.4 Å². The van der Waals surface area contributed by atoms with Gasteiger partial charge in [-0.3, -0.25) is 9.59 Å². The third-order valence-electron chi connectivity index (χ3n) is 2.69. The van der Waals surface area contributed by atoms with Crippen LogP contribution in [0.2, 0.25) is 0 Å². The maximum Gasteiger partial charge on any atom is 0.278 e. The molecule has 0 radical (unpaired) electrons. The molecule has 0 saturated carbocycles. The number of hydrogen-bond acceptors (Lipinski definition) is 5. The molecular weight excluding hydrogens is 240 g/mol. The molecule has 1 saturated heterocycles. The second-order valence-electron chi connectivity index (χ2n) is 3.89. The Hall–Kier alpha value is -2.54. The lowest BCUT2D eigenvalue weighted by Crippen LogP contribution is -2.30. The molecule has 1 aliphatic heterocycles. The predicted molar refractivity (Wildman–Crippen MR) is 61.0 cm³/mol. The second-order valence-corrected chi connectivity index (χ2v) is 3.89. The molecule has 1 aromatic heterocycles. The van der Waals surface area contributed by atoms with Gasteiger partial charge in [-0.2, -0.15) is 0 Å². The summed E-state index contributed by atoms with van der Waals surface area (Å²) in [7, 11) is 0. The summed E-state index contributed by atoms with van der Waals surface area (Å²) in [6, 6.07) is 0. The zero-order chi connectivity index (χ0) is 13.1. The SMILES string of the molecule is [N-]=[N+]=NCC1CC(=O)N(c2c(O)nc[nH]c2=O)C1. The number of nitrogens with one attached hydrogen (secondary N) is 1. The second kappa shape index (κ2) is 4.76. The first-order chi connectivity index (χ1) is 8.63. The van der Waals surface area contributed by atoms with Crippen LogP contribution < -0.4 is 10.5 Å². The highest BCUT2D eigenvalue weighted by Gasteiger charge is 2.33. The standard InChI is InChI=1S/C9H10N6O3/c10-14-13-2-5-1-6(16)15(3-5)7-8(17)11-4-12-9(7)18/h4-5H,1-3H2,(H2,11,12,17,18). The molecule has 1 unspecified atom stereocenters. The Balaban J connectivity index is 2.27. The van der Waals surface area contributed by atoms with E-state index >= 15 is 0 Å². The molecule has 0 aromatic carbocycles. The summed E-state index contributed by atoms with van der Waals surface area (Å²) in [6.45, 7) is 0.401. The molecule has 9 heteroatoms. The average molecular weight is 250 g/mol. The monoisotopic (exact) mass is 250 g/mol. The van der Waals surface area contributed by atoms with Crippen LogP contribution in [0.3, 0.4) is 0 Å². The lowest BCUT2D eigenvalue weighted by molar-refractivity contribution is -0.117. The predicted octanol–water partition coefficient (Wildman–Crippen LogP) is 0.139. The first-order valence-electron chi connectivity index (χ1n) is 5.21. The topological polar surface area (TPSA) is 135 Å². The Morgan fingerprint density at radius 1 is 1.67 bits per heavy atom. The van der Waals surface area contributed by atoms with Crippen molar-refractivity contribution >= 4 is 11.6 Å². The number of rotatable bonds is 3. The van der Waals surface area contributed by atoms with Gasteiger partial charge in [0.1, 0.15) is 0 Å². The first kappa shape index (κ1) is 11.9. The number of H-pyrrole nitrogens is 1. The van der Waals surface area contributed by atoms with Crippen LogP contribution in [0.4, 0.5) is 5.69 Å². The Labute approximate surface area is 101 Å². The number of azide groups is 1. The van der Waals surface area contributed by atoms with Gasteiger partial charge in [-0.25, -0.2) is 4.98 Å². The van der Waals surface area contributed by atoms with Gasteiger partial charge in [-0.05, 0) is 11.4 Å². The van der Waals surface area contributed by atoms with Gasteiger partial charge in [-0.1, -0.05) is 5.11 Å².